The lowest BCUT2D eigenvalue weighted by Crippen LogP contribution is -2.26. The largest absolute Gasteiger partial charge is 0.573 e. The number of hydrogen-bond donors (Lipinski definition) is 0. The van der Waals surface area contributed by atoms with Crippen molar-refractivity contribution in [2.24, 2.45) is 0 Å². The number of carbonyl (C=O) groups is 1. The zero-order chi connectivity index (χ0) is 18.0. The molecule has 0 radical (unpaired) electrons. The van der Waals surface area contributed by atoms with Gasteiger partial charge in [0.25, 0.3) is 5.91 Å². The van der Waals surface area contributed by atoms with Crippen molar-refractivity contribution in [3.63, 3.8) is 0 Å². The Balaban J connectivity index is 1.69. The number of para-hydroxylation sites is 1. The topological polar surface area (TPSA) is 42.4 Å². The summed E-state index contributed by atoms with van der Waals surface area (Å²) in [5.74, 6) is -0.671. The fourth-order valence-electron chi connectivity index (χ4n) is 2.28. The van der Waals surface area contributed by atoms with E-state index in [-0.39, 0.29) is 17.2 Å². The molecule has 4 nitrogen and oxygen atoms in total. The van der Waals surface area contributed by atoms with Crippen LogP contribution in [0.4, 0.5) is 13.2 Å². The fraction of sp³-hybridized carbons (Fsp3) is 0.176. The van der Waals surface area contributed by atoms with Crippen LogP contribution in [0, 0.1) is 0 Å². The highest BCUT2D eigenvalue weighted by Gasteiger charge is 2.31. The molecule has 0 atom stereocenters. The van der Waals surface area contributed by atoms with Gasteiger partial charge in [-0.05, 0) is 36.4 Å². The standard InChI is InChI=1S/C17H13F3N2O2S/c1-22(10-15-21-13-4-2-3-5-14(13)25-15)16(23)11-6-8-12(9-7-11)24-17(18,19)20/h2-9H,10H2,1H3. The number of alkyl halides is 3. The molecule has 2 aromatic carbocycles. The Morgan fingerprint density at radius 1 is 1.16 bits per heavy atom. The van der Waals surface area contributed by atoms with Crippen LogP contribution in [0.15, 0.2) is 48.5 Å². The van der Waals surface area contributed by atoms with Gasteiger partial charge in [0.1, 0.15) is 10.8 Å². The summed E-state index contributed by atoms with van der Waals surface area (Å²) in [5, 5.41) is 0.786. The first-order chi connectivity index (χ1) is 11.8. The molecule has 1 amide bonds. The molecule has 1 aromatic heterocycles. The first kappa shape index (κ1) is 17.2. The molecule has 0 N–H and O–H groups in total. The smallest absolute Gasteiger partial charge is 0.406 e. The summed E-state index contributed by atoms with van der Waals surface area (Å²) in [6, 6.07) is 12.5. The van der Waals surface area contributed by atoms with Gasteiger partial charge in [0.2, 0.25) is 0 Å². The molecule has 0 bridgehead atoms. The molecule has 3 rings (SSSR count). The third kappa shape index (κ3) is 4.27. The third-order valence-corrected chi connectivity index (χ3v) is 4.41. The molecule has 8 heteroatoms. The lowest BCUT2D eigenvalue weighted by Gasteiger charge is -2.16. The molecule has 0 aliphatic heterocycles. The second-order valence-electron chi connectivity index (χ2n) is 5.31. The zero-order valence-electron chi connectivity index (χ0n) is 13.1. The highest BCUT2D eigenvalue weighted by atomic mass is 32.1. The lowest BCUT2D eigenvalue weighted by atomic mass is 10.2. The number of carbonyl (C=O) groups excluding carboxylic acids is 1. The van der Waals surface area contributed by atoms with Gasteiger partial charge in [-0.1, -0.05) is 12.1 Å². The molecule has 25 heavy (non-hydrogen) atoms. The lowest BCUT2D eigenvalue weighted by molar-refractivity contribution is -0.274. The van der Waals surface area contributed by atoms with Crippen LogP contribution in [0.25, 0.3) is 10.2 Å². The van der Waals surface area contributed by atoms with Gasteiger partial charge < -0.3 is 9.64 Å². The minimum atomic E-state index is -4.75. The molecule has 0 unspecified atom stereocenters. The van der Waals surface area contributed by atoms with Crippen molar-refractivity contribution in [1.82, 2.24) is 9.88 Å². The molecule has 1 heterocycles. The highest BCUT2D eigenvalue weighted by molar-refractivity contribution is 7.18. The molecular weight excluding hydrogens is 353 g/mol. The Morgan fingerprint density at radius 3 is 2.48 bits per heavy atom. The van der Waals surface area contributed by atoms with Gasteiger partial charge in [-0.25, -0.2) is 4.98 Å². The Labute approximate surface area is 145 Å². The maximum atomic E-state index is 12.4. The van der Waals surface area contributed by atoms with E-state index >= 15 is 0 Å². The van der Waals surface area contributed by atoms with E-state index in [9.17, 15) is 18.0 Å². The van der Waals surface area contributed by atoms with Crippen LogP contribution in [0.5, 0.6) is 5.75 Å². The minimum absolute atomic E-state index is 0.276. The number of rotatable bonds is 4. The normalized spacial score (nSPS) is 11.5. The van der Waals surface area contributed by atoms with E-state index in [4.69, 9.17) is 0 Å². The molecule has 0 spiro atoms. The van der Waals surface area contributed by atoms with Gasteiger partial charge in [0.05, 0.1) is 16.8 Å². The Bertz CT molecular complexity index is 858. The summed E-state index contributed by atoms with van der Waals surface area (Å²) >= 11 is 1.50. The number of aromatic nitrogens is 1. The molecule has 0 fully saturated rings. The quantitative estimate of drug-likeness (QED) is 0.684. The molecular formula is C17H13F3N2O2S. The number of amides is 1. The summed E-state index contributed by atoms with van der Waals surface area (Å²) in [5.41, 5.74) is 1.15. The average molecular weight is 366 g/mol. The van der Waals surface area contributed by atoms with E-state index in [0.717, 1.165) is 27.4 Å². The van der Waals surface area contributed by atoms with Gasteiger partial charge in [0.15, 0.2) is 0 Å². The summed E-state index contributed by atoms with van der Waals surface area (Å²) in [7, 11) is 1.62. The van der Waals surface area contributed by atoms with Crippen molar-refractivity contribution in [1.29, 1.82) is 0 Å². The van der Waals surface area contributed by atoms with Gasteiger partial charge in [-0.2, -0.15) is 0 Å². The Morgan fingerprint density at radius 2 is 1.84 bits per heavy atom. The second kappa shape index (κ2) is 6.72. The number of ether oxygens (including phenoxy) is 1. The van der Waals surface area contributed by atoms with E-state index in [2.05, 4.69) is 9.72 Å². The SMILES string of the molecule is CN(Cc1nc2ccccc2s1)C(=O)c1ccc(OC(F)(F)F)cc1. The monoisotopic (exact) mass is 366 g/mol. The summed E-state index contributed by atoms with van der Waals surface area (Å²) in [6.45, 7) is 0.318. The molecule has 0 aliphatic carbocycles. The molecule has 0 saturated carbocycles. The summed E-state index contributed by atoms with van der Waals surface area (Å²) in [6.07, 6.45) is -4.75. The van der Waals surface area contributed by atoms with Gasteiger partial charge >= 0.3 is 6.36 Å². The van der Waals surface area contributed by atoms with E-state index < -0.39 is 6.36 Å². The van der Waals surface area contributed by atoms with Gasteiger partial charge in [-0.15, -0.1) is 24.5 Å². The van der Waals surface area contributed by atoms with Crippen LogP contribution >= 0.6 is 11.3 Å². The van der Waals surface area contributed by atoms with Crippen molar-refractivity contribution in [2.75, 3.05) is 7.05 Å². The van der Waals surface area contributed by atoms with Crippen LogP contribution < -0.4 is 4.74 Å². The predicted octanol–water partition coefficient (Wildman–Crippen LogP) is 4.47. The van der Waals surface area contributed by atoms with Crippen LogP contribution in [-0.2, 0) is 6.54 Å². The first-order valence-corrected chi connectivity index (χ1v) is 8.09. The Hall–Kier alpha value is -2.61. The van der Waals surface area contributed by atoms with Crippen molar-refractivity contribution < 1.29 is 22.7 Å². The van der Waals surface area contributed by atoms with Crippen LogP contribution in [0.2, 0.25) is 0 Å². The number of benzene rings is 2. The number of nitrogens with zero attached hydrogens (tertiary/aromatic N) is 2. The van der Waals surface area contributed by atoms with E-state index in [1.165, 1.54) is 28.4 Å². The van der Waals surface area contributed by atoms with Crippen molar-refractivity contribution in [2.45, 2.75) is 12.9 Å². The maximum Gasteiger partial charge on any atom is 0.573 e. The second-order valence-corrected chi connectivity index (χ2v) is 6.42. The number of fused-ring (bicyclic) bond motifs is 1. The minimum Gasteiger partial charge on any atom is -0.406 e. The summed E-state index contributed by atoms with van der Waals surface area (Å²) in [4.78, 5) is 18.3. The maximum absolute atomic E-state index is 12.4. The first-order valence-electron chi connectivity index (χ1n) is 7.27. The molecule has 3 aromatic rings. The predicted molar refractivity (Wildman–Crippen MR) is 88.5 cm³/mol. The number of thiazole rings is 1. The van der Waals surface area contributed by atoms with Crippen LogP contribution in [0.1, 0.15) is 15.4 Å². The van der Waals surface area contributed by atoms with Crippen molar-refractivity contribution in [3.8, 4) is 5.75 Å². The zero-order valence-corrected chi connectivity index (χ0v) is 13.9. The highest BCUT2D eigenvalue weighted by Crippen LogP contribution is 2.24. The Kier molecular flexibility index (Phi) is 4.63. The van der Waals surface area contributed by atoms with Gasteiger partial charge in [-0.3, -0.25) is 4.79 Å². The molecule has 0 aliphatic rings. The van der Waals surface area contributed by atoms with Crippen molar-refractivity contribution in [3.05, 3.63) is 59.1 Å². The number of hydrogen-bond acceptors (Lipinski definition) is 4. The van der Waals surface area contributed by atoms with Gasteiger partial charge in [0, 0.05) is 12.6 Å². The average Bonchev–Trinajstić information content (AvgIpc) is 2.95. The van der Waals surface area contributed by atoms with E-state index in [1.54, 1.807) is 7.05 Å². The summed E-state index contributed by atoms with van der Waals surface area (Å²) < 4.78 is 41.3. The molecule has 0 saturated heterocycles. The van der Waals surface area contributed by atoms with Crippen LogP contribution in [0.3, 0.4) is 0 Å². The van der Waals surface area contributed by atoms with E-state index in [1.807, 2.05) is 24.3 Å². The van der Waals surface area contributed by atoms with Crippen LogP contribution in [-0.4, -0.2) is 29.2 Å². The molecule has 130 valence electrons. The van der Waals surface area contributed by atoms with Crippen molar-refractivity contribution >= 4 is 27.5 Å². The van der Waals surface area contributed by atoms with E-state index in [0.29, 0.717) is 6.54 Å². The fourth-order valence-corrected chi connectivity index (χ4v) is 3.30. The number of halogens is 3. The third-order valence-electron chi connectivity index (χ3n) is 3.39.